The lowest BCUT2D eigenvalue weighted by Crippen LogP contribution is -2.37. The monoisotopic (exact) mass is 571 g/mol. The van der Waals surface area contributed by atoms with Crippen molar-refractivity contribution < 1.29 is 19.3 Å². The maximum atomic E-state index is 8.96. The third kappa shape index (κ3) is 9.67. The molecule has 0 aromatic heterocycles. The number of nitrogens with one attached hydrogen (secondary N) is 2. The predicted octanol–water partition coefficient (Wildman–Crippen LogP) is 4.43. The van der Waals surface area contributed by atoms with E-state index in [0.29, 0.717) is 24.6 Å². The number of aryl methyl sites for hydroxylation is 1. The molecule has 0 spiro atoms. The second kappa shape index (κ2) is 15.6. The van der Waals surface area contributed by atoms with Gasteiger partial charge in [-0.05, 0) is 56.5 Å². The molecule has 0 bridgehead atoms. The highest BCUT2D eigenvalue weighted by Crippen LogP contribution is 2.28. The maximum absolute atomic E-state index is 8.96. The number of ether oxygens (including phenoxy) is 3. The molecule has 2 aromatic carbocycles. The standard InChI is InChI=1S/C25H37N3O4.HI/c1-6-19(4)32-23-14-18(3)8-10-21(23)17-28-25(26-7-2)27-16-20-9-11-22(31-13-12-29)24(15-20)30-5;/h8-11,14-15,19,29H,6-7,12-13,16-17H2,1-5H3,(H2,26,27,28);1H. The molecular weight excluding hydrogens is 533 g/mol. The summed E-state index contributed by atoms with van der Waals surface area (Å²) in [6.07, 6.45) is 1.12. The molecule has 0 aliphatic heterocycles. The van der Waals surface area contributed by atoms with Gasteiger partial charge in [-0.3, -0.25) is 0 Å². The maximum Gasteiger partial charge on any atom is 0.191 e. The van der Waals surface area contributed by atoms with Crippen LogP contribution in [0, 0.1) is 6.92 Å². The summed E-state index contributed by atoms with van der Waals surface area (Å²) in [4.78, 5) is 4.71. The predicted molar refractivity (Wildman–Crippen MR) is 144 cm³/mol. The number of methoxy groups -OCH3 is 1. The first kappa shape index (κ1) is 28.8. The quantitative estimate of drug-likeness (QED) is 0.199. The van der Waals surface area contributed by atoms with Crippen molar-refractivity contribution in [1.29, 1.82) is 0 Å². The van der Waals surface area contributed by atoms with Gasteiger partial charge in [-0.25, -0.2) is 4.99 Å². The Hall–Kier alpha value is -2.20. The summed E-state index contributed by atoms with van der Waals surface area (Å²) in [5.41, 5.74) is 3.26. The molecule has 2 aromatic rings. The Bertz CT molecular complexity index is 877. The van der Waals surface area contributed by atoms with Gasteiger partial charge in [-0.2, -0.15) is 0 Å². The van der Waals surface area contributed by atoms with Crippen molar-refractivity contribution in [3.8, 4) is 17.2 Å². The molecule has 0 amide bonds. The summed E-state index contributed by atoms with van der Waals surface area (Å²) in [7, 11) is 1.60. The van der Waals surface area contributed by atoms with Gasteiger partial charge in [0.25, 0.3) is 0 Å². The molecule has 1 unspecified atom stereocenters. The molecule has 0 saturated carbocycles. The molecule has 7 nitrogen and oxygen atoms in total. The van der Waals surface area contributed by atoms with Gasteiger partial charge in [0, 0.05) is 18.7 Å². The first-order valence-electron chi connectivity index (χ1n) is 11.2. The summed E-state index contributed by atoms with van der Waals surface area (Å²) in [5.74, 6) is 2.86. The van der Waals surface area contributed by atoms with Gasteiger partial charge in [0.1, 0.15) is 12.4 Å². The summed E-state index contributed by atoms with van der Waals surface area (Å²) >= 11 is 0. The summed E-state index contributed by atoms with van der Waals surface area (Å²) in [5, 5.41) is 15.6. The Morgan fingerprint density at radius 2 is 1.85 bits per heavy atom. The molecular formula is C25H38IN3O4. The minimum Gasteiger partial charge on any atom is -0.493 e. The van der Waals surface area contributed by atoms with E-state index in [2.05, 4.69) is 49.6 Å². The third-order valence-corrected chi connectivity index (χ3v) is 4.91. The third-order valence-electron chi connectivity index (χ3n) is 4.91. The van der Waals surface area contributed by atoms with Crippen LogP contribution >= 0.6 is 24.0 Å². The number of halogens is 1. The first-order valence-corrected chi connectivity index (χ1v) is 11.2. The highest BCUT2D eigenvalue weighted by atomic mass is 127. The van der Waals surface area contributed by atoms with E-state index in [1.807, 2.05) is 25.1 Å². The fraction of sp³-hybridized carbons (Fsp3) is 0.480. The number of guanidine groups is 1. The lowest BCUT2D eigenvalue weighted by Gasteiger charge is -2.18. The number of aliphatic hydroxyl groups excluding tert-OH is 1. The Kier molecular flexibility index (Phi) is 13.6. The molecule has 184 valence electrons. The SMILES string of the molecule is CCNC(=NCc1ccc(OCCO)c(OC)c1)NCc1ccc(C)cc1OC(C)CC.I. The molecule has 33 heavy (non-hydrogen) atoms. The number of nitrogens with zero attached hydrogens (tertiary/aromatic N) is 1. The zero-order valence-electron chi connectivity index (χ0n) is 20.3. The van der Waals surface area contributed by atoms with Crippen LogP contribution in [0.2, 0.25) is 0 Å². The second-order valence-corrected chi connectivity index (χ2v) is 7.55. The van der Waals surface area contributed by atoms with Crippen LogP contribution in [0.1, 0.15) is 43.9 Å². The average molecular weight is 572 g/mol. The van der Waals surface area contributed by atoms with Crippen LogP contribution in [0.3, 0.4) is 0 Å². The van der Waals surface area contributed by atoms with E-state index in [4.69, 9.17) is 24.3 Å². The molecule has 0 fully saturated rings. The van der Waals surface area contributed by atoms with Gasteiger partial charge in [-0.1, -0.05) is 25.1 Å². The lowest BCUT2D eigenvalue weighted by molar-refractivity contribution is 0.196. The second-order valence-electron chi connectivity index (χ2n) is 7.55. The van der Waals surface area contributed by atoms with Crippen LogP contribution < -0.4 is 24.8 Å². The molecule has 0 heterocycles. The molecule has 0 radical (unpaired) electrons. The smallest absolute Gasteiger partial charge is 0.191 e. The zero-order chi connectivity index (χ0) is 23.3. The van der Waals surface area contributed by atoms with Crippen LogP contribution in [0.5, 0.6) is 17.2 Å². The summed E-state index contributed by atoms with van der Waals surface area (Å²) in [6, 6.07) is 12.0. The Morgan fingerprint density at radius 3 is 2.52 bits per heavy atom. The van der Waals surface area contributed by atoms with Crippen LogP contribution in [0.4, 0.5) is 0 Å². The molecule has 0 aliphatic carbocycles. The van der Waals surface area contributed by atoms with Crippen LogP contribution in [-0.4, -0.2) is 44.0 Å². The van der Waals surface area contributed by atoms with Crippen molar-refractivity contribution in [3.05, 3.63) is 53.1 Å². The van der Waals surface area contributed by atoms with Crippen molar-refractivity contribution in [1.82, 2.24) is 10.6 Å². The number of rotatable bonds is 12. The number of aliphatic imine (C=N–C) groups is 1. The number of aliphatic hydroxyl groups is 1. The lowest BCUT2D eigenvalue weighted by atomic mass is 10.1. The van der Waals surface area contributed by atoms with Crippen LogP contribution in [-0.2, 0) is 13.1 Å². The molecule has 3 N–H and O–H groups in total. The van der Waals surface area contributed by atoms with Crippen molar-refractivity contribution in [3.63, 3.8) is 0 Å². The fourth-order valence-corrected chi connectivity index (χ4v) is 2.99. The highest BCUT2D eigenvalue weighted by molar-refractivity contribution is 14.0. The van der Waals surface area contributed by atoms with E-state index in [0.717, 1.165) is 35.8 Å². The van der Waals surface area contributed by atoms with Crippen LogP contribution in [0.25, 0.3) is 0 Å². The van der Waals surface area contributed by atoms with E-state index >= 15 is 0 Å². The topological polar surface area (TPSA) is 84.3 Å². The van der Waals surface area contributed by atoms with Gasteiger partial charge >= 0.3 is 0 Å². The zero-order valence-corrected chi connectivity index (χ0v) is 22.6. The fourth-order valence-electron chi connectivity index (χ4n) is 2.99. The van der Waals surface area contributed by atoms with Crippen molar-refractivity contribution in [2.75, 3.05) is 26.9 Å². The van der Waals surface area contributed by atoms with E-state index in [-0.39, 0.29) is 43.3 Å². The van der Waals surface area contributed by atoms with E-state index < -0.39 is 0 Å². The van der Waals surface area contributed by atoms with Gasteiger partial charge in [0.15, 0.2) is 17.5 Å². The van der Waals surface area contributed by atoms with Crippen molar-refractivity contribution in [2.24, 2.45) is 4.99 Å². The van der Waals surface area contributed by atoms with E-state index in [9.17, 15) is 0 Å². The number of hydrogen-bond acceptors (Lipinski definition) is 5. The van der Waals surface area contributed by atoms with Gasteiger partial charge in [0.05, 0.1) is 26.4 Å². The molecule has 0 saturated heterocycles. The normalized spacial score (nSPS) is 11.9. The Balaban J connectivity index is 0.00000544. The minimum absolute atomic E-state index is 0. The average Bonchev–Trinajstić information content (AvgIpc) is 2.80. The van der Waals surface area contributed by atoms with Crippen LogP contribution in [0.15, 0.2) is 41.4 Å². The van der Waals surface area contributed by atoms with Gasteiger partial charge < -0.3 is 30.0 Å². The minimum atomic E-state index is -0.0436. The number of benzene rings is 2. The molecule has 0 aliphatic rings. The van der Waals surface area contributed by atoms with Gasteiger partial charge in [-0.15, -0.1) is 24.0 Å². The molecule has 2 rings (SSSR count). The largest absolute Gasteiger partial charge is 0.493 e. The Labute approximate surface area is 215 Å². The molecule has 8 heteroatoms. The van der Waals surface area contributed by atoms with Gasteiger partial charge in [0.2, 0.25) is 0 Å². The summed E-state index contributed by atoms with van der Waals surface area (Å²) in [6.45, 7) is 10.3. The highest BCUT2D eigenvalue weighted by Gasteiger charge is 2.10. The van der Waals surface area contributed by atoms with E-state index in [1.54, 1.807) is 7.11 Å². The molecule has 1 atom stereocenters. The number of hydrogen-bond donors (Lipinski definition) is 3. The Morgan fingerprint density at radius 1 is 1.06 bits per heavy atom. The first-order chi connectivity index (χ1) is 15.5. The van der Waals surface area contributed by atoms with Crippen molar-refractivity contribution >= 4 is 29.9 Å². The van der Waals surface area contributed by atoms with E-state index in [1.165, 1.54) is 5.56 Å². The summed E-state index contributed by atoms with van der Waals surface area (Å²) < 4.78 is 17.0. The van der Waals surface area contributed by atoms with Crippen molar-refractivity contribution in [2.45, 2.75) is 53.3 Å².